The van der Waals surface area contributed by atoms with E-state index in [2.05, 4.69) is 5.32 Å². The summed E-state index contributed by atoms with van der Waals surface area (Å²) in [5, 5.41) is 3.58. The van der Waals surface area contributed by atoms with Gasteiger partial charge in [0.15, 0.2) is 6.61 Å². The number of esters is 1. The molecule has 0 unspecified atom stereocenters. The van der Waals surface area contributed by atoms with Gasteiger partial charge in [-0.25, -0.2) is 0 Å². The van der Waals surface area contributed by atoms with E-state index in [0.717, 1.165) is 27.7 Å². The van der Waals surface area contributed by atoms with Crippen molar-refractivity contribution in [1.82, 2.24) is 0 Å². The third-order valence-electron chi connectivity index (χ3n) is 3.81. The molecule has 0 saturated heterocycles. The molecule has 25 heavy (non-hydrogen) atoms. The van der Waals surface area contributed by atoms with Crippen molar-refractivity contribution in [2.24, 2.45) is 0 Å². The molecule has 0 bridgehead atoms. The highest BCUT2D eigenvalue weighted by Gasteiger charge is 2.13. The molecule has 0 spiro atoms. The van der Waals surface area contributed by atoms with Crippen molar-refractivity contribution in [3.05, 3.63) is 65.4 Å². The molecule has 1 aromatic heterocycles. The van der Waals surface area contributed by atoms with E-state index in [0.29, 0.717) is 5.69 Å². The maximum Gasteiger partial charge on any atom is 0.310 e. The summed E-state index contributed by atoms with van der Waals surface area (Å²) < 4.78 is 10.5. The summed E-state index contributed by atoms with van der Waals surface area (Å²) in [6, 6.07) is 13.2. The SMILES string of the molecule is Cc1cccc(NC(=O)COC(=O)Cc2coc3cc(C)ccc23)c1. The van der Waals surface area contributed by atoms with Crippen molar-refractivity contribution in [2.75, 3.05) is 11.9 Å². The number of carbonyl (C=O) groups excluding carboxylic acids is 2. The fraction of sp³-hybridized carbons (Fsp3) is 0.200. The van der Waals surface area contributed by atoms with Crippen molar-refractivity contribution in [2.45, 2.75) is 20.3 Å². The standard InChI is InChI=1S/C20H19NO4/c1-13-4-3-5-16(8-13)21-19(22)12-25-20(23)10-15-11-24-18-9-14(2)6-7-17(15)18/h3-9,11H,10,12H2,1-2H3,(H,21,22). The van der Waals surface area contributed by atoms with Gasteiger partial charge in [-0.3, -0.25) is 9.59 Å². The van der Waals surface area contributed by atoms with Gasteiger partial charge in [0.05, 0.1) is 12.7 Å². The van der Waals surface area contributed by atoms with Gasteiger partial charge >= 0.3 is 5.97 Å². The molecule has 0 atom stereocenters. The van der Waals surface area contributed by atoms with Crippen molar-refractivity contribution in [3.8, 4) is 0 Å². The minimum atomic E-state index is -0.470. The molecule has 0 saturated carbocycles. The average molecular weight is 337 g/mol. The van der Waals surface area contributed by atoms with E-state index in [-0.39, 0.29) is 18.9 Å². The number of rotatable bonds is 5. The van der Waals surface area contributed by atoms with Gasteiger partial charge in [-0.1, -0.05) is 24.3 Å². The Labute approximate surface area is 145 Å². The first kappa shape index (κ1) is 16.8. The van der Waals surface area contributed by atoms with Crippen LogP contribution < -0.4 is 5.32 Å². The second kappa shape index (κ2) is 7.21. The van der Waals surface area contributed by atoms with Crippen LogP contribution in [-0.4, -0.2) is 18.5 Å². The Balaban J connectivity index is 1.54. The minimum absolute atomic E-state index is 0.0633. The van der Waals surface area contributed by atoms with Gasteiger partial charge in [0, 0.05) is 16.6 Å². The Morgan fingerprint density at radius 3 is 2.68 bits per heavy atom. The zero-order valence-electron chi connectivity index (χ0n) is 14.2. The molecule has 0 aliphatic heterocycles. The van der Waals surface area contributed by atoms with E-state index in [9.17, 15) is 9.59 Å². The number of furan rings is 1. The van der Waals surface area contributed by atoms with E-state index in [1.165, 1.54) is 0 Å². The largest absolute Gasteiger partial charge is 0.464 e. The second-order valence-corrected chi connectivity index (χ2v) is 6.02. The van der Waals surface area contributed by atoms with Gasteiger partial charge in [-0.05, 0) is 43.2 Å². The van der Waals surface area contributed by atoms with Crippen LogP contribution in [0.2, 0.25) is 0 Å². The molecule has 1 amide bonds. The van der Waals surface area contributed by atoms with Crippen LogP contribution >= 0.6 is 0 Å². The summed E-state index contributed by atoms with van der Waals surface area (Å²) in [5.74, 6) is -0.839. The molecule has 0 fully saturated rings. The number of amides is 1. The minimum Gasteiger partial charge on any atom is -0.464 e. The van der Waals surface area contributed by atoms with Gasteiger partial charge in [0.1, 0.15) is 5.58 Å². The van der Waals surface area contributed by atoms with E-state index < -0.39 is 5.97 Å². The number of nitrogens with one attached hydrogen (secondary N) is 1. The maximum atomic E-state index is 12.0. The van der Waals surface area contributed by atoms with Gasteiger partial charge in [0.2, 0.25) is 0 Å². The van der Waals surface area contributed by atoms with Crippen molar-refractivity contribution >= 4 is 28.5 Å². The lowest BCUT2D eigenvalue weighted by atomic mass is 10.1. The first-order chi connectivity index (χ1) is 12.0. The lowest BCUT2D eigenvalue weighted by molar-refractivity contribution is -0.146. The molecule has 0 aliphatic rings. The third kappa shape index (κ3) is 4.26. The molecule has 2 aromatic carbocycles. The lowest BCUT2D eigenvalue weighted by Gasteiger charge is -2.07. The molecule has 128 valence electrons. The average Bonchev–Trinajstić information content (AvgIpc) is 2.95. The molecule has 3 rings (SSSR count). The maximum absolute atomic E-state index is 12.0. The number of aryl methyl sites for hydroxylation is 2. The fourth-order valence-electron chi connectivity index (χ4n) is 2.60. The normalized spacial score (nSPS) is 10.6. The number of anilines is 1. The Morgan fingerprint density at radius 2 is 1.88 bits per heavy atom. The number of hydrogen-bond acceptors (Lipinski definition) is 4. The zero-order chi connectivity index (χ0) is 17.8. The monoisotopic (exact) mass is 337 g/mol. The number of ether oxygens (including phenoxy) is 1. The summed E-state index contributed by atoms with van der Waals surface area (Å²) in [6.45, 7) is 3.59. The predicted molar refractivity (Wildman–Crippen MR) is 95.4 cm³/mol. The van der Waals surface area contributed by atoms with Gasteiger partial charge < -0.3 is 14.5 Å². The smallest absolute Gasteiger partial charge is 0.310 e. The molecule has 3 aromatic rings. The molecular formula is C20H19NO4. The van der Waals surface area contributed by atoms with Crippen molar-refractivity contribution in [3.63, 3.8) is 0 Å². The molecule has 1 heterocycles. The van der Waals surface area contributed by atoms with Crippen LogP contribution in [0.15, 0.2) is 53.1 Å². The van der Waals surface area contributed by atoms with Crippen LogP contribution in [0.25, 0.3) is 11.0 Å². The Morgan fingerprint density at radius 1 is 1.08 bits per heavy atom. The zero-order valence-corrected chi connectivity index (χ0v) is 14.2. The Hall–Kier alpha value is -3.08. The van der Waals surface area contributed by atoms with Crippen LogP contribution in [0.1, 0.15) is 16.7 Å². The van der Waals surface area contributed by atoms with Gasteiger partial charge in [0.25, 0.3) is 5.91 Å². The third-order valence-corrected chi connectivity index (χ3v) is 3.81. The molecule has 5 nitrogen and oxygen atoms in total. The van der Waals surface area contributed by atoms with E-state index in [1.54, 1.807) is 12.3 Å². The van der Waals surface area contributed by atoms with E-state index in [1.807, 2.05) is 50.2 Å². The highest BCUT2D eigenvalue weighted by Crippen LogP contribution is 2.22. The number of fused-ring (bicyclic) bond motifs is 1. The van der Waals surface area contributed by atoms with Gasteiger partial charge in [-0.15, -0.1) is 0 Å². The number of carbonyl (C=O) groups is 2. The second-order valence-electron chi connectivity index (χ2n) is 6.02. The molecule has 0 radical (unpaired) electrons. The van der Waals surface area contributed by atoms with Crippen LogP contribution in [0, 0.1) is 13.8 Å². The first-order valence-corrected chi connectivity index (χ1v) is 8.00. The molecule has 1 N–H and O–H groups in total. The fourth-order valence-corrected chi connectivity index (χ4v) is 2.60. The first-order valence-electron chi connectivity index (χ1n) is 8.00. The summed E-state index contributed by atoms with van der Waals surface area (Å²) in [6.07, 6.45) is 1.62. The molecular weight excluding hydrogens is 318 g/mol. The Kier molecular flexibility index (Phi) is 4.84. The number of benzene rings is 2. The molecule has 5 heteroatoms. The highest BCUT2D eigenvalue weighted by molar-refractivity contribution is 5.93. The van der Waals surface area contributed by atoms with Crippen molar-refractivity contribution < 1.29 is 18.7 Å². The van der Waals surface area contributed by atoms with Crippen LogP contribution in [0.4, 0.5) is 5.69 Å². The van der Waals surface area contributed by atoms with E-state index in [4.69, 9.17) is 9.15 Å². The predicted octanol–water partition coefficient (Wildman–Crippen LogP) is 3.77. The van der Waals surface area contributed by atoms with Crippen molar-refractivity contribution in [1.29, 1.82) is 0 Å². The van der Waals surface area contributed by atoms with Crippen LogP contribution in [-0.2, 0) is 20.7 Å². The lowest BCUT2D eigenvalue weighted by Crippen LogP contribution is -2.21. The van der Waals surface area contributed by atoms with Gasteiger partial charge in [-0.2, -0.15) is 0 Å². The summed E-state index contributed by atoms with van der Waals surface area (Å²) in [5.41, 5.74) is 4.29. The highest BCUT2D eigenvalue weighted by atomic mass is 16.5. The van der Waals surface area contributed by atoms with Crippen LogP contribution in [0.5, 0.6) is 0 Å². The quantitative estimate of drug-likeness (QED) is 0.720. The Bertz CT molecular complexity index is 926. The molecule has 0 aliphatic carbocycles. The summed E-state index contributed by atoms with van der Waals surface area (Å²) in [4.78, 5) is 23.9. The summed E-state index contributed by atoms with van der Waals surface area (Å²) in [7, 11) is 0. The number of hydrogen-bond donors (Lipinski definition) is 1. The van der Waals surface area contributed by atoms with Crippen LogP contribution in [0.3, 0.4) is 0 Å². The topological polar surface area (TPSA) is 68.5 Å². The summed E-state index contributed by atoms with van der Waals surface area (Å²) >= 11 is 0. The van der Waals surface area contributed by atoms with E-state index >= 15 is 0 Å².